The molecule has 2 saturated heterocycles. The van der Waals surface area contributed by atoms with Gasteiger partial charge in [-0.2, -0.15) is 13.5 Å². The molecule has 2 heterocycles. The van der Waals surface area contributed by atoms with Gasteiger partial charge < -0.3 is 18.9 Å². The van der Waals surface area contributed by atoms with Crippen LogP contribution in [0, 0.1) is 6.92 Å². The Hall–Kier alpha value is -2.30. The Balaban J connectivity index is 1.45. The summed E-state index contributed by atoms with van der Waals surface area (Å²) in [5.74, 6) is -0.793. The van der Waals surface area contributed by atoms with Crippen molar-refractivity contribution in [3.05, 3.63) is 65.7 Å². The van der Waals surface area contributed by atoms with Gasteiger partial charge in [-0.1, -0.05) is 48.0 Å². The number of ether oxygens (including phenoxy) is 4. The van der Waals surface area contributed by atoms with E-state index in [1.54, 1.807) is 12.1 Å². The summed E-state index contributed by atoms with van der Waals surface area (Å²) in [5, 5.41) is 3.91. The highest BCUT2D eigenvalue weighted by molar-refractivity contribution is 7.89. The van der Waals surface area contributed by atoms with Crippen molar-refractivity contribution < 1.29 is 27.4 Å². The summed E-state index contributed by atoms with van der Waals surface area (Å²) in [6, 6.07) is 16.2. The molecule has 8 nitrogen and oxygen atoms in total. The molecule has 2 fully saturated rings. The van der Waals surface area contributed by atoms with Crippen LogP contribution in [-0.2, 0) is 35.6 Å². The first-order valence-electron chi connectivity index (χ1n) is 10.0. The van der Waals surface area contributed by atoms with Crippen molar-refractivity contribution in [1.29, 1.82) is 0 Å². The molecule has 1 N–H and O–H groups in total. The number of hydrogen-bond acceptors (Lipinski definition) is 7. The van der Waals surface area contributed by atoms with Gasteiger partial charge in [0.15, 0.2) is 12.1 Å². The first kappa shape index (κ1) is 21.9. The smallest absolute Gasteiger partial charge is 0.276 e. The van der Waals surface area contributed by atoms with Crippen molar-refractivity contribution in [3.63, 3.8) is 0 Å². The van der Waals surface area contributed by atoms with Gasteiger partial charge in [0.25, 0.3) is 10.0 Å². The molecule has 0 bridgehead atoms. The number of nitrogens with zero attached hydrogens (tertiary/aromatic N) is 1. The zero-order valence-corrected chi connectivity index (χ0v) is 18.4. The van der Waals surface area contributed by atoms with Crippen molar-refractivity contribution >= 4 is 16.2 Å². The number of hydrogen-bond donors (Lipinski definition) is 1. The fraction of sp³-hybridized carbons (Fsp3) is 0.409. The Morgan fingerprint density at radius 1 is 1.10 bits per heavy atom. The summed E-state index contributed by atoms with van der Waals surface area (Å²) < 4.78 is 48.6. The van der Waals surface area contributed by atoms with Crippen LogP contribution in [-0.4, -0.2) is 45.0 Å². The summed E-state index contributed by atoms with van der Waals surface area (Å²) in [6.45, 7) is 5.85. The molecule has 0 unspecified atom stereocenters. The molecular weight excluding hydrogens is 420 g/mol. The fourth-order valence-electron chi connectivity index (χ4n) is 3.52. The molecule has 2 aromatic rings. The summed E-state index contributed by atoms with van der Waals surface area (Å²) in [7, 11) is -3.79. The highest BCUT2D eigenvalue weighted by Crippen LogP contribution is 2.38. The van der Waals surface area contributed by atoms with Gasteiger partial charge in [-0.15, -0.1) is 0 Å². The van der Waals surface area contributed by atoms with Crippen LogP contribution in [0.4, 0.5) is 0 Å². The third-order valence-electron chi connectivity index (χ3n) is 5.04. The van der Waals surface area contributed by atoms with E-state index in [0.717, 1.165) is 11.1 Å². The molecule has 0 amide bonds. The van der Waals surface area contributed by atoms with E-state index in [-0.39, 0.29) is 4.90 Å². The molecule has 0 aromatic heterocycles. The lowest BCUT2D eigenvalue weighted by atomic mass is 10.1. The van der Waals surface area contributed by atoms with E-state index in [1.165, 1.54) is 18.3 Å². The topological polar surface area (TPSA) is 95.5 Å². The van der Waals surface area contributed by atoms with Gasteiger partial charge in [-0.05, 0) is 38.5 Å². The Labute approximate surface area is 182 Å². The van der Waals surface area contributed by atoms with Crippen molar-refractivity contribution in [2.24, 2.45) is 5.10 Å². The highest BCUT2D eigenvalue weighted by atomic mass is 32.2. The summed E-state index contributed by atoms with van der Waals surface area (Å²) in [4.78, 5) is 2.35. The predicted molar refractivity (Wildman–Crippen MR) is 114 cm³/mol. The van der Waals surface area contributed by atoms with Crippen LogP contribution in [0.25, 0.3) is 0 Å². The first-order chi connectivity index (χ1) is 14.7. The van der Waals surface area contributed by atoms with Gasteiger partial charge in [-0.3, -0.25) is 0 Å². The second-order valence-corrected chi connectivity index (χ2v) is 9.68. The van der Waals surface area contributed by atoms with E-state index >= 15 is 0 Å². The largest absolute Gasteiger partial charge is 0.367 e. The molecule has 9 heteroatoms. The summed E-state index contributed by atoms with van der Waals surface area (Å²) in [5.41, 5.74) is 1.97. The zero-order chi connectivity index (χ0) is 22.1. The van der Waals surface area contributed by atoms with E-state index in [4.69, 9.17) is 18.9 Å². The standard InChI is InChI=1S/C22H26N2O6S/c1-15-9-11-17(12-10-15)31(25,26)24-23-13-18-19(27-14-16-7-5-4-6-8-16)20-21(28-18)30-22(2,3)29-20/h4-13,18-21,24H,14H2,1-3H3/b23-13+/t18-,19+,20-,21-/m1/s1. The van der Waals surface area contributed by atoms with Crippen molar-refractivity contribution in [3.8, 4) is 0 Å². The van der Waals surface area contributed by atoms with Gasteiger partial charge >= 0.3 is 0 Å². The predicted octanol–water partition coefficient (Wildman–Crippen LogP) is 2.72. The molecular formula is C22H26N2O6S. The maximum atomic E-state index is 12.4. The molecule has 4 atom stereocenters. The molecule has 0 aliphatic carbocycles. The lowest BCUT2D eigenvalue weighted by Crippen LogP contribution is -2.38. The van der Waals surface area contributed by atoms with Crippen molar-refractivity contribution in [1.82, 2.24) is 4.83 Å². The molecule has 2 aromatic carbocycles. The number of fused-ring (bicyclic) bond motifs is 1. The summed E-state index contributed by atoms with van der Waals surface area (Å²) >= 11 is 0. The number of nitrogens with one attached hydrogen (secondary N) is 1. The Kier molecular flexibility index (Phi) is 6.14. The monoisotopic (exact) mass is 446 g/mol. The maximum absolute atomic E-state index is 12.4. The van der Waals surface area contributed by atoms with Crippen LogP contribution in [0.15, 0.2) is 64.6 Å². The number of benzene rings is 2. The third-order valence-corrected chi connectivity index (χ3v) is 6.28. The van der Waals surface area contributed by atoms with E-state index in [0.29, 0.717) is 6.61 Å². The highest BCUT2D eigenvalue weighted by Gasteiger charge is 2.55. The minimum absolute atomic E-state index is 0.129. The van der Waals surface area contributed by atoms with Crippen LogP contribution < -0.4 is 4.83 Å². The SMILES string of the molecule is Cc1ccc(S(=O)(=O)N/N=C/[C@H]2O[C@@H]3OC(C)(C)O[C@@H]3[C@H]2OCc2ccccc2)cc1. The maximum Gasteiger partial charge on any atom is 0.276 e. The normalized spacial score (nSPS) is 27.5. The molecule has 0 radical (unpaired) electrons. The van der Waals surface area contributed by atoms with Crippen LogP contribution in [0.1, 0.15) is 25.0 Å². The lowest BCUT2D eigenvalue weighted by molar-refractivity contribution is -0.210. The van der Waals surface area contributed by atoms with Gasteiger partial charge in [0, 0.05) is 0 Å². The molecule has 166 valence electrons. The summed E-state index contributed by atoms with van der Waals surface area (Å²) in [6.07, 6.45) is -0.862. The van der Waals surface area contributed by atoms with Gasteiger partial charge in [0.05, 0.1) is 17.7 Å². The molecule has 31 heavy (non-hydrogen) atoms. The van der Waals surface area contributed by atoms with Crippen molar-refractivity contribution in [2.75, 3.05) is 0 Å². The second kappa shape index (κ2) is 8.68. The Morgan fingerprint density at radius 2 is 1.81 bits per heavy atom. The molecule has 2 aliphatic heterocycles. The van der Waals surface area contributed by atoms with E-state index in [2.05, 4.69) is 9.93 Å². The molecule has 0 saturated carbocycles. The van der Waals surface area contributed by atoms with Gasteiger partial charge in [0.1, 0.15) is 18.3 Å². The van der Waals surface area contributed by atoms with Crippen LogP contribution in [0.5, 0.6) is 0 Å². The van der Waals surface area contributed by atoms with E-state index in [9.17, 15) is 8.42 Å². The fourth-order valence-corrected chi connectivity index (χ4v) is 4.32. The quantitative estimate of drug-likeness (QED) is 0.519. The van der Waals surface area contributed by atoms with Crippen LogP contribution in [0.3, 0.4) is 0 Å². The van der Waals surface area contributed by atoms with Crippen molar-refractivity contribution in [2.45, 2.75) is 62.7 Å². The third kappa shape index (κ3) is 5.13. The first-order valence-corrected chi connectivity index (χ1v) is 11.5. The Bertz CT molecular complexity index is 1020. The van der Waals surface area contributed by atoms with Crippen LogP contribution >= 0.6 is 0 Å². The lowest BCUT2D eigenvalue weighted by Gasteiger charge is -2.24. The number of sulfonamides is 1. The average Bonchev–Trinajstić information content (AvgIpc) is 3.18. The number of rotatable bonds is 7. The number of aryl methyl sites for hydroxylation is 1. The Morgan fingerprint density at radius 3 is 2.52 bits per heavy atom. The van der Waals surface area contributed by atoms with Crippen LogP contribution in [0.2, 0.25) is 0 Å². The molecule has 2 aliphatic rings. The van der Waals surface area contributed by atoms with E-state index < -0.39 is 40.4 Å². The minimum atomic E-state index is -3.79. The molecule has 4 rings (SSSR count). The zero-order valence-electron chi connectivity index (χ0n) is 17.6. The minimum Gasteiger partial charge on any atom is -0.367 e. The van der Waals surface area contributed by atoms with Gasteiger partial charge in [-0.25, -0.2) is 4.83 Å². The average molecular weight is 447 g/mol. The van der Waals surface area contributed by atoms with Gasteiger partial charge in [0.2, 0.25) is 0 Å². The number of hydrazone groups is 1. The van der Waals surface area contributed by atoms with E-state index in [1.807, 2.05) is 51.1 Å². The molecule has 0 spiro atoms. The second-order valence-electron chi connectivity index (χ2n) is 8.02.